The van der Waals surface area contributed by atoms with Gasteiger partial charge in [0.25, 0.3) is 11.8 Å². The van der Waals surface area contributed by atoms with Crippen LogP contribution in [0, 0.1) is 0 Å². The Morgan fingerprint density at radius 3 is 2.19 bits per heavy atom. The quantitative estimate of drug-likeness (QED) is 0.599. The van der Waals surface area contributed by atoms with Crippen LogP contribution in [-0.4, -0.2) is 41.7 Å². The van der Waals surface area contributed by atoms with Crippen molar-refractivity contribution in [2.45, 2.75) is 6.61 Å². The van der Waals surface area contributed by atoms with E-state index in [1.54, 1.807) is 30.3 Å². The van der Waals surface area contributed by atoms with E-state index < -0.39 is 17.8 Å². The molecule has 4 amide bonds. The summed E-state index contributed by atoms with van der Waals surface area (Å²) in [6, 6.07) is 13.7. The van der Waals surface area contributed by atoms with Gasteiger partial charge in [0.2, 0.25) is 0 Å². The molecule has 6 nitrogen and oxygen atoms in total. The Bertz CT molecular complexity index is 911. The molecule has 1 saturated heterocycles. The van der Waals surface area contributed by atoms with Crippen molar-refractivity contribution in [1.82, 2.24) is 9.80 Å². The minimum Gasteiger partial charge on any atom is -0.489 e. The first-order valence-electron chi connectivity index (χ1n) is 8.16. The SMILES string of the molecule is CN1C(=O)C(=Cc2ccc(OCc3cccc(Cl)c3)cc2)C(=O)N(C)C1=O. The zero-order valence-corrected chi connectivity index (χ0v) is 15.6. The number of carbonyl (C=O) groups is 3. The van der Waals surface area contributed by atoms with Crippen LogP contribution in [0.15, 0.2) is 54.1 Å². The molecule has 138 valence electrons. The van der Waals surface area contributed by atoms with E-state index in [1.807, 2.05) is 18.2 Å². The lowest BCUT2D eigenvalue weighted by Crippen LogP contribution is -2.52. The fraction of sp³-hybridized carbons (Fsp3) is 0.150. The number of imide groups is 2. The summed E-state index contributed by atoms with van der Waals surface area (Å²) in [5, 5.41) is 0.647. The van der Waals surface area contributed by atoms with Gasteiger partial charge in [-0.3, -0.25) is 19.4 Å². The minimum absolute atomic E-state index is 0.0628. The minimum atomic E-state index is -0.646. The molecular formula is C20H17ClN2O4. The smallest absolute Gasteiger partial charge is 0.333 e. The number of hydrogen-bond donors (Lipinski definition) is 0. The molecule has 0 N–H and O–H groups in total. The average molecular weight is 385 g/mol. The predicted molar refractivity (Wildman–Crippen MR) is 101 cm³/mol. The summed E-state index contributed by atoms with van der Waals surface area (Å²) in [6.45, 7) is 0.371. The molecule has 0 aromatic heterocycles. The van der Waals surface area contributed by atoms with Gasteiger partial charge in [0.15, 0.2) is 0 Å². The molecule has 0 spiro atoms. The second kappa shape index (κ2) is 7.63. The lowest BCUT2D eigenvalue weighted by molar-refractivity contribution is -0.134. The van der Waals surface area contributed by atoms with Gasteiger partial charge in [-0.25, -0.2) is 4.79 Å². The zero-order chi connectivity index (χ0) is 19.6. The summed E-state index contributed by atoms with van der Waals surface area (Å²) in [5.41, 5.74) is 1.54. The molecule has 0 bridgehead atoms. The van der Waals surface area contributed by atoms with Gasteiger partial charge in [0, 0.05) is 19.1 Å². The van der Waals surface area contributed by atoms with Crippen LogP contribution in [0.4, 0.5) is 4.79 Å². The molecule has 1 heterocycles. The second-order valence-corrected chi connectivity index (χ2v) is 6.49. The number of nitrogens with zero attached hydrogens (tertiary/aromatic N) is 2. The van der Waals surface area contributed by atoms with Crippen LogP contribution in [0.1, 0.15) is 11.1 Å². The van der Waals surface area contributed by atoms with Gasteiger partial charge in [-0.15, -0.1) is 0 Å². The molecule has 1 aliphatic heterocycles. The fourth-order valence-electron chi connectivity index (χ4n) is 2.60. The lowest BCUT2D eigenvalue weighted by Gasteiger charge is -2.28. The standard InChI is InChI=1S/C20H17ClN2O4/c1-22-18(24)17(19(25)23(2)20(22)26)11-13-6-8-16(9-7-13)27-12-14-4-3-5-15(21)10-14/h3-11H,12H2,1-2H3. The summed E-state index contributed by atoms with van der Waals surface area (Å²) < 4.78 is 5.71. The highest BCUT2D eigenvalue weighted by Crippen LogP contribution is 2.20. The third kappa shape index (κ3) is 4.01. The molecule has 0 radical (unpaired) electrons. The van der Waals surface area contributed by atoms with Crippen molar-refractivity contribution in [1.29, 1.82) is 0 Å². The third-order valence-corrected chi connectivity index (χ3v) is 4.36. The Kier molecular flexibility index (Phi) is 5.28. The molecule has 3 rings (SSSR count). The van der Waals surface area contributed by atoms with E-state index in [9.17, 15) is 14.4 Å². The Hall–Kier alpha value is -3.12. The first-order valence-corrected chi connectivity index (χ1v) is 8.53. The maximum absolute atomic E-state index is 12.2. The number of carbonyl (C=O) groups excluding carboxylic acids is 3. The average Bonchev–Trinajstić information content (AvgIpc) is 2.67. The summed E-state index contributed by atoms with van der Waals surface area (Å²) in [6.07, 6.45) is 1.46. The first kappa shape index (κ1) is 18.7. The molecule has 0 aliphatic carbocycles. The second-order valence-electron chi connectivity index (χ2n) is 6.06. The highest BCUT2D eigenvalue weighted by Gasteiger charge is 2.37. The van der Waals surface area contributed by atoms with E-state index in [4.69, 9.17) is 16.3 Å². The molecule has 2 aromatic carbocycles. The van der Waals surface area contributed by atoms with Crippen molar-refractivity contribution in [2.75, 3.05) is 14.1 Å². The number of halogens is 1. The summed E-state index contributed by atoms with van der Waals surface area (Å²) in [5.74, 6) is -0.600. The zero-order valence-electron chi connectivity index (χ0n) is 14.8. The van der Waals surface area contributed by atoms with Crippen molar-refractivity contribution in [3.8, 4) is 5.75 Å². The Morgan fingerprint density at radius 2 is 1.59 bits per heavy atom. The third-order valence-electron chi connectivity index (χ3n) is 4.13. The number of rotatable bonds is 4. The maximum atomic E-state index is 12.2. The van der Waals surface area contributed by atoms with Crippen LogP contribution in [0.3, 0.4) is 0 Å². The van der Waals surface area contributed by atoms with E-state index in [0.29, 0.717) is 22.9 Å². The van der Waals surface area contributed by atoms with E-state index >= 15 is 0 Å². The van der Waals surface area contributed by atoms with E-state index in [0.717, 1.165) is 15.4 Å². The molecule has 1 fully saturated rings. The topological polar surface area (TPSA) is 66.9 Å². The van der Waals surface area contributed by atoms with Crippen molar-refractivity contribution in [3.63, 3.8) is 0 Å². The number of benzene rings is 2. The number of hydrogen-bond acceptors (Lipinski definition) is 4. The van der Waals surface area contributed by atoms with Crippen LogP contribution in [0.25, 0.3) is 6.08 Å². The van der Waals surface area contributed by atoms with Gasteiger partial charge in [-0.05, 0) is 41.5 Å². The maximum Gasteiger partial charge on any atom is 0.333 e. The van der Waals surface area contributed by atoms with E-state index in [2.05, 4.69) is 0 Å². The van der Waals surface area contributed by atoms with Gasteiger partial charge >= 0.3 is 6.03 Å². The van der Waals surface area contributed by atoms with Gasteiger partial charge in [-0.1, -0.05) is 35.9 Å². The molecule has 1 aliphatic rings. The normalized spacial score (nSPS) is 14.6. The number of urea groups is 1. The number of ether oxygens (including phenoxy) is 1. The van der Waals surface area contributed by atoms with Crippen molar-refractivity contribution >= 4 is 35.5 Å². The molecule has 0 saturated carbocycles. The van der Waals surface area contributed by atoms with E-state index in [1.165, 1.54) is 20.2 Å². The highest BCUT2D eigenvalue weighted by atomic mass is 35.5. The van der Waals surface area contributed by atoms with Crippen LogP contribution in [0.2, 0.25) is 5.02 Å². The molecule has 2 aromatic rings. The highest BCUT2D eigenvalue weighted by molar-refractivity contribution is 6.31. The van der Waals surface area contributed by atoms with E-state index in [-0.39, 0.29) is 5.57 Å². The van der Waals surface area contributed by atoms with Crippen LogP contribution in [-0.2, 0) is 16.2 Å². The monoisotopic (exact) mass is 384 g/mol. The molecule has 0 atom stereocenters. The molecule has 0 unspecified atom stereocenters. The number of barbiturate groups is 1. The number of likely N-dealkylation sites (N-methyl/N-ethyl adjacent to an activating group) is 2. The molecule has 7 heteroatoms. The largest absolute Gasteiger partial charge is 0.489 e. The van der Waals surface area contributed by atoms with Crippen molar-refractivity contribution in [2.24, 2.45) is 0 Å². The Balaban J connectivity index is 1.73. The van der Waals surface area contributed by atoms with Crippen LogP contribution >= 0.6 is 11.6 Å². The Morgan fingerprint density at radius 1 is 0.963 bits per heavy atom. The van der Waals surface area contributed by atoms with Gasteiger partial charge in [-0.2, -0.15) is 0 Å². The Labute approximate surface area is 161 Å². The van der Waals surface area contributed by atoms with Crippen LogP contribution < -0.4 is 4.74 Å². The summed E-state index contributed by atoms with van der Waals surface area (Å²) >= 11 is 5.95. The fourth-order valence-corrected chi connectivity index (χ4v) is 2.81. The molecule has 27 heavy (non-hydrogen) atoms. The number of amides is 4. The van der Waals surface area contributed by atoms with Gasteiger partial charge in [0.05, 0.1) is 0 Å². The van der Waals surface area contributed by atoms with Crippen LogP contribution in [0.5, 0.6) is 5.75 Å². The van der Waals surface area contributed by atoms with Crippen molar-refractivity contribution in [3.05, 3.63) is 70.3 Å². The van der Waals surface area contributed by atoms with Gasteiger partial charge in [0.1, 0.15) is 17.9 Å². The van der Waals surface area contributed by atoms with Crippen molar-refractivity contribution < 1.29 is 19.1 Å². The lowest BCUT2D eigenvalue weighted by atomic mass is 10.1. The summed E-state index contributed by atoms with van der Waals surface area (Å²) in [4.78, 5) is 38.0. The predicted octanol–water partition coefficient (Wildman–Crippen LogP) is 3.35. The summed E-state index contributed by atoms with van der Waals surface area (Å²) in [7, 11) is 2.68. The molecular weight excluding hydrogens is 368 g/mol. The van der Waals surface area contributed by atoms with Gasteiger partial charge < -0.3 is 4.74 Å². The first-order chi connectivity index (χ1) is 12.9.